The van der Waals surface area contributed by atoms with Crippen molar-refractivity contribution in [1.82, 2.24) is 9.55 Å². The summed E-state index contributed by atoms with van der Waals surface area (Å²) in [6.45, 7) is 8.64. The fraction of sp³-hybridized carbons (Fsp3) is 0.0769. The Kier molecular flexibility index (Phi) is 7.43. The molecule has 45 heavy (non-hydrogen) atoms. The van der Waals surface area contributed by atoms with Gasteiger partial charge in [-0.3, -0.25) is 0 Å². The van der Waals surface area contributed by atoms with Crippen LogP contribution < -0.4 is 14.5 Å². The van der Waals surface area contributed by atoms with E-state index < -0.39 is 0 Å². The van der Waals surface area contributed by atoms with Crippen LogP contribution in [0.3, 0.4) is 0 Å². The minimum absolute atomic E-state index is 0. The molecule has 0 bridgehead atoms. The van der Waals surface area contributed by atoms with Gasteiger partial charge in [-0.25, -0.2) is 4.98 Å². The summed E-state index contributed by atoms with van der Waals surface area (Å²) in [6, 6.07) is 44.3. The number of fused-ring (bicyclic) bond motifs is 4. The number of benzene rings is 5. The van der Waals surface area contributed by atoms with E-state index in [4.69, 9.17) is 9.72 Å². The third-order valence-electron chi connectivity index (χ3n) is 8.17. The molecule has 3 heterocycles. The van der Waals surface area contributed by atoms with E-state index in [1.165, 1.54) is 22.4 Å². The van der Waals surface area contributed by atoms with Crippen molar-refractivity contribution in [3.8, 4) is 17.2 Å². The van der Waals surface area contributed by atoms with Crippen molar-refractivity contribution in [3.05, 3.63) is 151 Å². The van der Waals surface area contributed by atoms with Crippen LogP contribution >= 0.6 is 0 Å². The van der Waals surface area contributed by atoms with Gasteiger partial charge in [0.1, 0.15) is 5.65 Å². The number of pyridine rings is 1. The van der Waals surface area contributed by atoms with Crippen molar-refractivity contribution in [1.29, 1.82) is 0 Å². The zero-order valence-electron chi connectivity index (χ0n) is 25.1. The minimum atomic E-state index is 0. The first kappa shape index (κ1) is 28.9. The maximum atomic E-state index is 6.39. The molecule has 0 amide bonds. The second kappa shape index (κ2) is 11.6. The van der Waals surface area contributed by atoms with Crippen LogP contribution in [0.5, 0.6) is 11.5 Å². The van der Waals surface area contributed by atoms with Gasteiger partial charge in [-0.1, -0.05) is 53.7 Å². The molecule has 7 aromatic rings. The maximum absolute atomic E-state index is 6.39. The number of aryl methyl sites for hydroxylation is 3. The average Bonchev–Trinajstić information content (AvgIpc) is 3.57. The summed E-state index contributed by atoms with van der Waals surface area (Å²) in [6.07, 6.45) is 1.83. The molecule has 5 nitrogen and oxygen atoms in total. The van der Waals surface area contributed by atoms with Crippen molar-refractivity contribution < 1.29 is 25.8 Å². The van der Waals surface area contributed by atoms with E-state index in [1.54, 1.807) is 0 Å². The van der Waals surface area contributed by atoms with Gasteiger partial charge >= 0.3 is 0 Å². The Hall–Kier alpha value is -4.86. The Morgan fingerprint density at radius 3 is 2.02 bits per heavy atom. The molecule has 0 N–H and O–H groups in total. The number of rotatable bonds is 5. The largest absolute Gasteiger partial charge is 0.509 e. The van der Waals surface area contributed by atoms with Gasteiger partial charge in [-0.2, -0.15) is 12.1 Å². The summed E-state index contributed by atoms with van der Waals surface area (Å²) in [4.78, 5) is 9.16. The second-order valence-electron chi connectivity index (χ2n) is 11.2. The molecule has 8 rings (SSSR count). The van der Waals surface area contributed by atoms with Gasteiger partial charge in [0.2, 0.25) is 0 Å². The molecule has 1 aliphatic heterocycles. The van der Waals surface area contributed by atoms with Gasteiger partial charge in [0.25, 0.3) is 0 Å². The van der Waals surface area contributed by atoms with E-state index in [1.807, 2.05) is 42.6 Å². The molecule has 0 atom stereocenters. The molecule has 0 saturated heterocycles. The van der Waals surface area contributed by atoms with E-state index in [2.05, 4.69) is 127 Å². The summed E-state index contributed by atoms with van der Waals surface area (Å²) in [5.74, 6) is 1.22. The van der Waals surface area contributed by atoms with Gasteiger partial charge < -0.3 is 19.1 Å². The molecule has 0 spiro atoms. The predicted octanol–water partition coefficient (Wildman–Crippen LogP) is 9.90. The normalized spacial score (nSPS) is 12.4. The molecule has 1 aliphatic rings. The fourth-order valence-electron chi connectivity index (χ4n) is 6.45. The number of nitrogens with zero attached hydrogens (tertiary/aromatic N) is 4. The Morgan fingerprint density at radius 2 is 1.27 bits per heavy atom. The molecule has 0 unspecified atom stereocenters. The monoisotopic (exact) mass is 764 g/mol. The van der Waals surface area contributed by atoms with E-state index in [0.29, 0.717) is 11.5 Å². The SMILES string of the molecule is Cc1cc(C)c(N2[CH-]N(c3[c-]c(Oc4[c-]c(-n5c6ccccc6c6cccnc65)ccc4)ccc3)c3ccccc32)c(C)c1.[Pt]. The van der Waals surface area contributed by atoms with Gasteiger partial charge in [-0.05, 0) is 62.2 Å². The third kappa shape index (κ3) is 4.98. The molecular weight excluding hydrogens is 736 g/mol. The summed E-state index contributed by atoms with van der Waals surface area (Å²) in [5.41, 5.74) is 10.9. The first-order valence-corrected chi connectivity index (χ1v) is 14.7. The molecule has 0 saturated carbocycles. The van der Waals surface area contributed by atoms with Gasteiger partial charge in [0, 0.05) is 66.6 Å². The van der Waals surface area contributed by atoms with Crippen molar-refractivity contribution >= 4 is 44.7 Å². The summed E-state index contributed by atoms with van der Waals surface area (Å²) in [5, 5.41) is 2.26. The fourth-order valence-corrected chi connectivity index (χ4v) is 6.45. The van der Waals surface area contributed by atoms with E-state index in [0.717, 1.165) is 44.7 Å². The van der Waals surface area contributed by atoms with Crippen molar-refractivity contribution in [2.75, 3.05) is 9.80 Å². The van der Waals surface area contributed by atoms with E-state index in [9.17, 15) is 0 Å². The molecule has 0 radical (unpaired) electrons. The quantitative estimate of drug-likeness (QED) is 0.164. The Morgan fingerprint density at radius 1 is 0.644 bits per heavy atom. The van der Waals surface area contributed by atoms with Crippen LogP contribution in [-0.4, -0.2) is 9.55 Å². The van der Waals surface area contributed by atoms with Crippen LogP contribution in [0.4, 0.5) is 22.7 Å². The average molecular weight is 765 g/mol. The minimum Gasteiger partial charge on any atom is -0.509 e. The van der Waals surface area contributed by atoms with Crippen LogP contribution in [0.15, 0.2) is 115 Å². The van der Waals surface area contributed by atoms with Crippen molar-refractivity contribution in [2.45, 2.75) is 20.8 Å². The molecular formula is C39H29N4OPt-3. The number of hydrogen-bond donors (Lipinski definition) is 0. The van der Waals surface area contributed by atoms with Crippen LogP contribution in [-0.2, 0) is 21.1 Å². The summed E-state index contributed by atoms with van der Waals surface area (Å²) >= 11 is 0. The van der Waals surface area contributed by atoms with Crippen molar-refractivity contribution in [3.63, 3.8) is 0 Å². The van der Waals surface area contributed by atoms with E-state index >= 15 is 0 Å². The van der Waals surface area contributed by atoms with Gasteiger partial charge in [0.05, 0.1) is 5.52 Å². The third-order valence-corrected chi connectivity index (χ3v) is 8.17. The van der Waals surface area contributed by atoms with Crippen LogP contribution in [0, 0.1) is 39.6 Å². The van der Waals surface area contributed by atoms with Crippen LogP contribution in [0.25, 0.3) is 27.6 Å². The molecule has 0 fully saturated rings. The molecule has 6 heteroatoms. The van der Waals surface area contributed by atoms with E-state index in [-0.39, 0.29) is 21.1 Å². The number of anilines is 4. The van der Waals surface area contributed by atoms with Gasteiger partial charge in [0.15, 0.2) is 0 Å². The first-order valence-electron chi connectivity index (χ1n) is 14.7. The molecule has 2 aromatic heterocycles. The van der Waals surface area contributed by atoms with Crippen LogP contribution in [0.1, 0.15) is 16.7 Å². The Labute approximate surface area is 277 Å². The number of aromatic nitrogens is 2. The summed E-state index contributed by atoms with van der Waals surface area (Å²) < 4.78 is 8.53. The van der Waals surface area contributed by atoms with Gasteiger partial charge in [-0.15, -0.1) is 48.8 Å². The Balaban J connectivity index is 0.00000325. The number of para-hydroxylation sites is 3. The Bertz CT molecular complexity index is 2130. The maximum Gasteiger partial charge on any atom is 0.143 e. The smallest absolute Gasteiger partial charge is 0.143 e. The summed E-state index contributed by atoms with van der Waals surface area (Å²) in [7, 11) is 0. The second-order valence-corrected chi connectivity index (χ2v) is 11.2. The van der Waals surface area contributed by atoms with Crippen LogP contribution in [0.2, 0.25) is 0 Å². The molecule has 224 valence electrons. The standard InChI is InChI=1S/C39H29N4O.Pt/c1-26-21-27(2)38(28(3)22-26)42-25-41(36-18-6-7-19-37(36)42)29-11-8-13-31(23-29)44-32-14-9-12-30(24-32)43-35-17-5-4-15-33(35)34-16-10-20-40-39(34)43;/h4-22,25H,1-3H3;/q-3;. The molecule has 0 aliphatic carbocycles. The van der Waals surface area contributed by atoms with Crippen molar-refractivity contribution in [2.24, 2.45) is 0 Å². The first-order chi connectivity index (χ1) is 21.5. The number of hydrogen-bond acceptors (Lipinski definition) is 4. The topological polar surface area (TPSA) is 33.5 Å². The molecule has 5 aromatic carbocycles. The zero-order valence-corrected chi connectivity index (χ0v) is 27.3. The zero-order chi connectivity index (χ0) is 29.8. The predicted molar refractivity (Wildman–Crippen MR) is 178 cm³/mol. The number of ether oxygens (including phenoxy) is 1.